The number of aromatic nitrogens is 3. The van der Waals surface area contributed by atoms with Gasteiger partial charge in [-0.2, -0.15) is 28.1 Å². The molecule has 1 unspecified atom stereocenters. The number of piperazine rings is 1. The van der Waals surface area contributed by atoms with Gasteiger partial charge < -0.3 is 15.0 Å². The van der Waals surface area contributed by atoms with Gasteiger partial charge in [0.2, 0.25) is 12.4 Å². The summed E-state index contributed by atoms with van der Waals surface area (Å²) in [7, 11) is 0. The van der Waals surface area contributed by atoms with E-state index in [0.29, 0.717) is 24.6 Å². The van der Waals surface area contributed by atoms with Gasteiger partial charge in [-0.1, -0.05) is 50.2 Å². The molecule has 1 aliphatic rings. The van der Waals surface area contributed by atoms with Crippen LogP contribution in [0.15, 0.2) is 48.5 Å². The van der Waals surface area contributed by atoms with Crippen LogP contribution in [0.4, 0.5) is 23.5 Å². The lowest BCUT2D eigenvalue weighted by molar-refractivity contribution is -0.154. The summed E-state index contributed by atoms with van der Waals surface area (Å²) in [6, 6.07) is 12.4. The van der Waals surface area contributed by atoms with Crippen LogP contribution in [0.2, 0.25) is 0 Å². The quantitative estimate of drug-likeness (QED) is 0.292. The maximum absolute atomic E-state index is 13.2. The van der Waals surface area contributed by atoms with Crippen molar-refractivity contribution in [3.63, 3.8) is 0 Å². The van der Waals surface area contributed by atoms with Gasteiger partial charge in [-0.25, -0.2) is 4.39 Å². The van der Waals surface area contributed by atoms with Gasteiger partial charge in [-0.3, -0.25) is 9.69 Å². The maximum Gasteiger partial charge on any atom is 0.422 e. The zero-order chi connectivity index (χ0) is 28.0. The van der Waals surface area contributed by atoms with E-state index in [1.807, 2.05) is 12.1 Å². The van der Waals surface area contributed by atoms with E-state index in [2.05, 4.69) is 39.0 Å². The van der Waals surface area contributed by atoms with E-state index in [-0.39, 0.29) is 30.2 Å². The first-order valence-electron chi connectivity index (χ1n) is 12.6. The zero-order valence-corrected chi connectivity index (χ0v) is 21.7. The molecule has 0 radical (unpaired) electrons. The van der Waals surface area contributed by atoms with Crippen LogP contribution in [0.5, 0.6) is 6.01 Å². The average Bonchev–Trinajstić information content (AvgIpc) is 2.91. The Hall–Kier alpha value is -3.80. The van der Waals surface area contributed by atoms with Crippen molar-refractivity contribution < 1.29 is 27.1 Å². The molecule has 2 heterocycles. The molecule has 4 rings (SSSR count). The number of alkyl halides is 3. The molecule has 8 nitrogen and oxygen atoms in total. The van der Waals surface area contributed by atoms with Crippen LogP contribution in [0, 0.1) is 11.7 Å². The Labute approximate surface area is 224 Å². The van der Waals surface area contributed by atoms with Crippen LogP contribution < -0.4 is 10.1 Å². The Morgan fingerprint density at radius 3 is 2.41 bits per heavy atom. The van der Waals surface area contributed by atoms with Crippen molar-refractivity contribution in [2.75, 3.05) is 38.1 Å². The van der Waals surface area contributed by atoms with Crippen molar-refractivity contribution >= 4 is 12.4 Å². The first kappa shape index (κ1) is 28.2. The Balaban J connectivity index is 1.56. The molecule has 12 heteroatoms. The van der Waals surface area contributed by atoms with Crippen LogP contribution in [0.3, 0.4) is 0 Å². The summed E-state index contributed by atoms with van der Waals surface area (Å²) in [5.74, 6) is 0.242. The second-order valence-electron chi connectivity index (χ2n) is 9.78. The molecule has 0 bridgehead atoms. The Morgan fingerprint density at radius 2 is 1.77 bits per heavy atom. The summed E-state index contributed by atoms with van der Waals surface area (Å²) in [5.41, 5.74) is 2.19. The van der Waals surface area contributed by atoms with Gasteiger partial charge in [0.1, 0.15) is 5.82 Å². The SMILES string of the molecule is CC(C)CN1CCN(C=O)C(c2ccc(-c3nc(NCc4ccc(F)cc4)nc(OCC(F)(F)F)n3)cc2)C1. The van der Waals surface area contributed by atoms with E-state index >= 15 is 0 Å². The van der Waals surface area contributed by atoms with E-state index in [1.165, 1.54) is 12.1 Å². The van der Waals surface area contributed by atoms with Gasteiger partial charge in [0, 0.05) is 38.3 Å². The molecular formula is C27H30F4N6O2. The first-order chi connectivity index (χ1) is 18.6. The average molecular weight is 547 g/mol. The molecule has 2 aromatic carbocycles. The highest BCUT2D eigenvalue weighted by Gasteiger charge is 2.30. The number of rotatable bonds is 10. The summed E-state index contributed by atoms with van der Waals surface area (Å²) >= 11 is 0. The van der Waals surface area contributed by atoms with Gasteiger partial charge in [0.05, 0.1) is 6.04 Å². The number of nitrogens with zero attached hydrogens (tertiary/aromatic N) is 5. The van der Waals surface area contributed by atoms with Gasteiger partial charge >= 0.3 is 12.2 Å². The predicted octanol–water partition coefficient (Wildman–Crippen LogP) is 4.70. The lowest BCUT2D eigenvalue weighted by atomic mass is 10.0. The minimum atomic E-state index is -4.57. The fraction of sp³-hybridized carbons (Fsp3) is 0.407. The Kier molecular flexibility index (Phi) is 8.95. The van der Waals surface area contributed by atoms with Crippen LogP contribution >= 0.6 is 0 Å². The van der Waals surface area contributed by atoms with Crippen molar-refractivity contribution in [3.8, 4) is 17.4 Å². The first-order valence-corrected chi connectivity index (χ1v) is 12.6. The smallest absolute Gasteiger partial charge is 0.422 e. The van der Waals surface area contributed by atoms with E-state index in [0.717, 1.165) is 30.6 Å². The number of hydrogen-bond acceptors (Lipinski definition) is 7. The summed E-state index contributed by atoms with van der Waals surface area (Å²) in [6.45, 7) is 6.03. The number of anilines is 1. The molecule has 1 atom stereocenters. The van der Waals surface area contributed by atoms with E-state index in [4.69, 9.17) is 4.74 Å². The molecule has 1 saturated heterocycles. The number of amides is 1. The largest absolute Gasteiger partial charge is 0.454 e. The molecule has 1 N–H and O–H groups in total. The van der Waals surface area contributed by atoms with Crippen molar-refractivity contribution in [3.05, 3.63) is 65.5 Å². The van der Waals surface area contributed by atoms with E-state index in [9.17, 15) is 22.4 Å². The summed E-state index contributed by atoms with van der Waals surface area (Å²) in [4.78, 5) is 28.2. The number of ether oxygens (including phenoxy) is 1. The second kappa shape index (κ2) is 12.4. The van der Waals surface area contributed by atoms with Gasteiger partial charge in [0.25, 0.3) is 0 Å². The van der Waals surface area contributed by atoms with Crippen molar-refractivity contribution in [1.29, 1.82) is 0 Å². The van der Waals surface area contributed by atoms with Gasteiger partial charge in [-0.05, 0) is 29.2 Å². The predicted molar refractivity (Wildman–Crippen MR) is 137 cm³/mol. The Bertz CT molecular complexity index is 1240. The monoisotopic (exact) mass is 546 g/mol. The highest BCUT2D eigenvalue weighted by molar-refractivity contribution is 5.58. The molecule has 1 aliphatic heterocycles. The minimum absolute atomic E-state index is 0.00862. The number of halogens is 4. The lowest BCUT2D eigenvalue weighted by Gasteiger charge is -2.40. The van der Waals surface area contributed by atoms with Gasteiger partial charge in [0.15, 0.2) is 12.4 Å². The summed E-state index contributed by atoms with van der Waals surface area (Å²) in [5, 5.41) is 2.93. The van der Waals surface area contributed by atoms with Crippen molar-refractivity contribution in [2.24, 2.45) is 5.92 Å². The van der Waals surface area contributed by atoms with E-state index in [1.54, 1.807) is 29.2 Å². The van der Waals surface area contributed by atoms with Crippen LogP contribution in [-0.4, -0.2) is 70.1 Å². The van der Waals surface area contributed by atoms with Gasteiger partial charge in [-0.15, -0.1) is 0 Å². The Morgan fingerprint density at radius 1 is 1.05 bits per heavy atom. The molecule has 208 valence electrons. The minimum Gasteiger partial charge on any atom is -0.454 e. The third-order valence-electron chi connectivity index (χ3n) is 6.16. The number of carbonyl (C=O) groups excluding carboxylic acids is 1. The number of hydrogen-bond donors (Lipinski definition) is 1. The van der Waals surface area contributed by atoms with Crippen molar-refractivity contribution in [2.45, 2.75) is 32.6 Å². The fourth-order valence-electron chi connectivity index (χ4n) is 4.37. The third-order valence-corrected chi connectivity index (χ3v) is 6.16. The summed E-state index contributed by atoms with van der Waals surface area (Å²) < 4.78 is 56.3. The topological polar surface area (TPSA) is 83.5 Å². The molecule has 39 heavy (non-hydrogen) atoms. The molecule has 3 aromatic rings. The molecular weight excluding hydrogens is 516 g/mol. The normalized spacial score (nSPS) is 16.4. The maximum atomic E-state index is 13.2. The molecule has 0 spiro atoms. The molecule has 0 aliphatic carbocycles. The zero-order valence-electron chi connectivity index (χ0n) is 21.7. The summed E-state index contributed by atoms with van der Waals surface area (Å²) in [6.07, 6.45) is -3.70. The van der Waals surface area contributed by atoms with Crippen molar-refractivity contribution in [1.82, 2.24) is 24.8 Å². The molecule has 1 amide bonds. The highest BCUT2D eigenvalue weighted by atomic mass is 19.4. The van der Waals surface area contributed by atoms with Crippen LogP contribution in [0.1, 0.15) is 31.0 Å². The molecule has 1 aromatic heterocycles. The van der Waals surface area contributed by atoms with Crippen LogP contribution in [0.25, 0.3) is 11.4 Å². The second-order valence-corrected chi connectivity index (χ2v) is 9.78. The fourth-order valence-corrected chi connectivity index (χ4v) is 4.37. The molecule has 1 fully saturated rings. The number of benzene rings is 2. The highest BCUT2D eigenvalue weighted by Crippen LogP contribution is 2.28. The van der Waals surface area contributed by atoms with Crippen LogP contribution in [-0.2, 0) is 11.3 Å². The number of nitrogens with one attached hydrogen (secondary N) is 1. The standard InChI is InChI=1S/C27H30F4N6O2/c1-18(2)14-36-11-12-37(17-38)23(15-36)20-5-7-21(8-6-20)24-33-25(32-13-19-3-9-22(28)10-4-19)35-26(34-24)39-16-27(29,30)31/h3-10,17-18,23H,11-16H2,1-2H3,(H,32,33,34,35). The third kappa shape index (κ3) is 8.09. The number of carbonyl (C=O) groups is 1. The molecule has 0 saturated carbocycles. The lowest BCUT2D eigenvalue weighted by Crippen LogP contribution is -2.48. The van der Waals surface area contributed by atoms with E-state index < -0.39 is 18.8 Å².